The second-order valence-electron chi connectivity index (χ2n) is 4.53. The maximum absolute atomic E-state index is 6.21. The van der Waals surface area contributed by atoms with Gasteiger partial charge in [-0.15, -0.1) is 6.58 Å². The number of allylic oxidation sites excluding steroid dienone is 1. The summed E-state index contributed by atoms with van der Waals surface area (Å²) in [7, 11) is 0. The Morgan fingerprint density at radius 3 is 2.17 bits per heavy atom. The lowest BCUT2D eigenvalue weighted by atomic mass is 9.98. The van der Waals surface area contributed by atoms with Gasteiger partial charge in [-0.2, -0.15) is 0 Å². The quantitative estimate of drug-likeness (QED) is 0.789. The fourth-order valence-electron chi connectivity index (χ4n) is 2.05. The standard InChI is InChI=1S/C17H19N/c1-2-6-14-9-11-15(12-10-14)13-17(18)16-7-4-3-5-8-16/h2-5,7-12,17H,1,6,13,18H2. The number of hydrogen-bond donors (Lipinski definition) is 1. The summed E-state index contributed by atoms with van der Waals surface area (Å²) in [4.78, 5) is 0. The van der Waals surface area contributed by atoms with Gasteiger partial charge in [-0.25, -0.2) is 0 Å². The molecule has 2 rings (SSSR count). The first-order valence-corrected chi connectivity index (χ1v) is 6.29. The summed E-state index contributed by atoms with van der Waals surface area (Å²) in [6, 6.07) is 18.9. The lowest BCUT2D eigenvalue weighted by Crippen LogP contribution is -2.13. The van der Waals surface area contributed by atoms with Gasteiger partial charge in [0.15, 0.2) is 0 Å². The van der Waals surface area contributed by atoms with Crippen LogP contribution in [0.3, 0.4) is 0 Å². The van der Waals surface area contributed by atoms with Crippen molar-refractivity contribution in [3.8, 4) is 0 Å². The monoisotopic (exact) mass is 237 g/mol. The fraction of sp³-hybridized carbons (Fsp3) is 0.176. The van der Waals surface area contributed by atoms with Crippen molar-refractivity contribution in [1.82, 2.24) is 0 Å². The van der Waals surface area contributed by atoms with E-state index in [0.29, 0.717) is 0 Å². The normalized spacial score (nSPS) is 12.1. The maximum Gasteiger partial charge on any atom is 0.0335 e. The van der Waals surface area contributed by atoms with Gasteiger partial charge >= 0.3 is 0 Å². The van der Waals surface area contributed by atoms with Gasteiger partial charge in [0, 0.05) is 6.04 Å². The van der Waals surface area contributed by atoms with Crippen LogP contribution in [0.25, 0.3) is 0 Å². The van der Waals surface area contributed by atoms with Crippen molar-refractivity contribution in [3.05, 3.63) is 83.9 Å². The molecule has 0 aliphatic rings. The second kappa shape index (κ2) is 6.18. The Morgan fingerprint density at radius 2 is 1.56 bits per heavy atom. The summed E-state index contributed by atoms with van der Waals surface area (Å²) in [6.45, 7) is 3.75. The number of rotatable bonds is 5. The van der Waals surface area contributed by atoms with E-state index in [1.807, 2.05) is 24.3 Å². The third-order valence-electron chi connectivity index (χ3n) is 3.09. The molecule has 1 unspecified atom stereocenters. The molecule has 18 heavy (non-hydrogen) atoms. The highest BCUT2D eigenvalue weighted by Gasteiger charge is 2.06. The topological polar surface area (TPSA) is 26.0 Å². The molecule has 0 fully saturated rings. The number of nitrogens with two attached hydrogens (primary N) is 1. The van der Waals surface area contributed by atoms with Gasteiger partial charge in [-0.05, 0) is 29.5 Å². The van der Waals surface area contributed by atoms with E-state index in [2.05, 4.69) is 43.0 Å². The van der Waals surface area contributed by atoms with Crippen LogP contribution >= 0.6 is 0 Å². The van der Waals surface area contributed by atoms with E-state index in [0.717, 1.165) is 12.8 Å². The first kappa shape index (κ1) is 12.6. The van der Waals surface area contributed by atoms with E-state index in [1.54, 1.807) is 0 Å². The van der Waals surface area contributed by atoms with E-state index in [4.69, 9.17) is 5.73 Å². The van der Waals surface area contributed by atoms with E-state index >= 15 is 0 Å². The highest BCUT2D eigenvalue weighted by atomic mass is 14.6. The fourth-order valence-corrected chi connectivity index (χ4v) is 2.05. The Kier molecular flexibility index (Phi) is 4.32. The number of hydrogen-bond acceptors (Lipinski definition) is 1. The van der Waals surface area contributed by atoms with E-state index in [1.165, 1.54) is 16.7 Å². The van der Waals surface area contributed by atoms with Crippen LogP contribution in [-0.2, 0) is 12.8 Å². The van der Waals surface area contributed by atoms with Gasteiger partial charge in [0.05, 0.1) is 0 Å². The first-order chi connectivity index (χ1) is 8.79. The summed E-state index contributed by atoms with van der Waals surface area (Å²) in [5.41, 5.74) is 9.97. The second-order valence-corrected chi connectivity index (χ2v) is 4.53. The van der Waals surface area contributed by atoms with Crippen LogP contribution in [-0.4, -0.2) is 0 Å². The Hall–Kier alpha value is -1.86. The molecule has 2 aromatic rings. The molecular formula is C17H19N. The van der Waals surface area contributed by atoms with Crippen molar-refractivity contribution in [3.63, 3.8) is 0 Å². The molecule has 0 bridgehead atoms. The minimum atomic E-state index is 0.0662. The smallest absolute Gasteiger partial charge is 0.0335 e. The first-order valence-electron chi connectivity index (χ1n) is 6.29. The molecule has 0 saturated heterocycles. The molecule has 2 aromatic carbocycles. The summed E-state index contributed by atoms with van der Waals surface area (Å²) >= 11 is 0. The summed E-state index contributed by atoms with van der Waals surface area (Å²) in [5.74, 6) is 0. The van der Waals surface area contributed by atoms with Gasteiger partial charge in [0.2, 0.25) is 0 Å². The Bertz CT molecular complexity index is 485. The SMILES string of the molecule is C=CCc1ccc(CC(N)c2ccccc2)cc1. The molecule has 92 valence electrons. The molecule has 1 nitrogen and oxygen atoms in total. The largest absolute Gasteiger partial charge is 0.324 e. The molecule has 0 amide bonds. The van der Waals surface area contributed by atoms with Gasteiger partial charge in [0.25, 0.3) is 0 Å². The van der Waals surface area contributed by atoms with Gasteiger partial charge < -0.3 is 5.73 Å². The molecule has 2 N–H and O–H groups in total. The third-order valence-corrected chi connectivity index (χ3v) is 3.09. The molecule has 0 heterocycles. The Balaban J connectivity index is 2.03. The summed E-state index contributed by atoms with van der Waals surface area (Å²) < 4.78 is 0. The van der Waals surface area contributed by atoms with Crippen LogP contribution in [0.15, 0.2) is 67.3 Å². The van der Waals surface area contributed by atoms with Crippen LogP contribution in [0.2, 0.25) is 0 Å². The Labute approximate surface area is 109 Å². The minimum absolute atomic E-state index is 0.0662. The third kappa shape index (κ3) is 3.31. The van der Waals surface area contributed by atoms with Crippen LogP contribution in [0.5, 0.6) is 0 Å². The average Bonchev–Trinajstić information content (AvgIpc) is 2.42. The molecule has 0 radical (unpaired) electrons. The molecule has 0 aliphatic carbocycles. The Morgan fingerprint density at radius 1 is 0.944 bits per heavy atom. The zero-order valence-electron chi connectivity index (χ0n) is 10.5. The summed E-state index contributed by atoms with van der Waals surface area (Å²) in [6.07, 6.45) is 3.72. The predicted molar refractivity (Wildman–Crippen MR) is 77.4 cm³/mol. The maximum atomic E-state index is 6.21. The van der Waals surface area contributed by atoms with E-state index in [9.17, 15) is 0 Å². The van der Waals surface area contributed by atoms with Crippen LogP contribution in [0.4, 0.5) is 0 Å². The van der Waals surface area contributed by atoms with Crippen molar-refractivity contribution < 1.29 is 0 Å². The van der Waals surface area contributed by atoms with Crippen molar-refractivity contribution in [2.24, 2.45) is 5.73 Å². The van der Waals surface area contributed by atoms with E-state index in [-0.39, 0.29) is 6.04 Å². The van der Waals surface area contributed by atoms with Gasteiger partial charge in [-0.1, -0.05) is 60.7 Å². The van der Waals surface area contributed by atoms with Crippen molar-refractivity contribution in [2.45, 2.75) is 18.9 Å². The van der Waals surface area contributed by atoms with Crippen LogP contribution < -0.4 is 5.73 Å². The highest BCUT2D eigenvalue weighted by molar-refractivity contribution is 5.27. The van der Waals surface area contributed by atoms with Crippen molar-refractivity contribution >= 4 is 0 Å². The highest BCUT2D eigenvalue weighted by Crippen LogP contribution is 2.16. The van der Waals surface area contributed by atoms with E-state index < -0.39 is 0 Å². The minimum Gasteiger partial charge on any atom is -0.324 e. The van der Waals surface area contributed by atoms with Gasteiger partial charge in [-0.3, -0.25) is 0 Å². The zero-order chi connectivity index (χ0) is 12.8. The molecule has 0 spiro atoms. The lowest BCUT2D eigenvalue weighted by Gasteiger charge is -2.12. The van der Waals surface area contributed by atoms with Crippen molar-refractivity contribution in [2.75, 3.05) is 0 Å². The molecule has 0 aromatic heterocycles. The average molecular weight is 237 g/mol. The van der Waals surface area contributed by atoms with Crippen LogP contribution in [0.1, 0.15) is 22.7 Å². The van der Waals surface area contributed by atoms with Crippen molar-refractivity contribution in [1.29, 1.82) is 0 Å². The van der Waals surface area contributed by atoms with Crippen LogP contribution in [0, 0.1) is 0 Å². The predicted octanol–water partition coefficient (Wildman–Crippen LogP) is 3.66. The molecule has 0 aliphatic heterocycles. The molecule has 1 heteroatoms. The molecule has 1 atom stereocenters. The van der Waals surface area contributed by atoms with Gasteiger partial charge in [0.1, 0.15) is 0 Å². The molecule has 0 saturated carbocycles. The zero-order valence-corrected chi connectivity index (χ0v) is 10.5. The summed E-state index contributed by atoms with van der Waals surface area (Å²) in [5, 5.41) is 0. The lowest BCUT2D eigenvalue weighted by molar-refractivity contribution is 0.722. The molecular weight excluding hydrogens is 218 g/mol. The number of benzene rings is 2.